The van der Waals surface area contributed by atoms with Gasteiger partial charge in [0, 0.05) is 20.7 Å². The first-order valence-corrected chi connectivity index (χ1v) is 11.5. The first-order valence-electron chi connectivity index (χ1n) is 10.3. The topological polar surface area (TPSA) is 77.1 Å². The second-order valence-corrected chi connectivity index (χ2v) is 8.90. The summed E-state index contributed by atoms with van der Waals surface area (Å²) in [7, 11) is 4.42. The minimum atomic E-state index is -0.601. The summed E-state index contributed by atoms with van der Waals surface area (Å²) in [5.74, 6) is 0.199. The number of anilines is 1. The highest BCUT2D eigenvalue weighted by atomic mass is 79.9. The Bertz CT molecular complexity index is 1270. The van der Waals surface area contributed by atoms with Crippen molar-refractivity contribution in [2.75, 3.05) is 33.2 Å². The van der Waals surface area contributed by atoms with Gasteiger partial charge in [-0.3, -0.25) is 9.59 Å². The number of hydrogen-bond donors (Lipinski definition) is 1. The molecule has 0 spiro atoms. The van der Waals surface area contributed by atoms with Crippen molar-refractivity contribution in [1.29, 1.82) is 0 Å². The summed E-state index contributed by atoms with van der Waals surface area (Å²) in [6.45, 7) is -0.181. The summed E-state index contributed by atoms with van der Waals surface area (Å²) in [6.07, 6.45) is 0. The van der Waals surface area contributed by atoms with E-state index in [1.54, 1.807) is 30.3 Å². The van der Waals surface area contributed by atoms with Crippen LogP contribution in [-0.2, 0) is 4.79 Å². The molecule has 0 bridgehead atoms. The van der Waals surface area contributed by atoms with Crippen molar-refractivity contribution in [2.24, 2.45) is 0 Å². The lowest BCUT2D eigenvalue weighted by Crippen LogP contribution is -2.39. The van der Waals surface area contributed by atoms with E-state index in [2.05, 4.69) is 21.2 Å². The minimum absolute atomic E-state index is 0.181. The molecule has 1 atom stereocenters. The number of rotatable bonds is 5. The number of halogens is 2. The smallest absolute Gasteiger partial charge is 0.259 e. The molecule has 176 valence electrons. The van der Waals surface area contributed by atoms with Crippen molar-refractivity contribution in [2.45, 2.75) is 6.04 Å². The van der Waals surface area contributed by atoms with Crippen molar-refractivity contribution in [3.05, 3.63) is 80.8 Å². The number of amides is 2. The summed E-state index contributed by atoms with van der Waals surface area (Å²) >= 11 is 9.82. The molecule has 3 aromatic carbocycles. The van der Waals surface area contributed by atoms with Crippen molar-refractivity contribution in [3.8, 4) is 17.2 Å². The quantitative estimate of drug-likeness (QED) is 0.470. The van der Waals surface area contributed by atoms with Crippen LogP contribution >= 0.6 is 27.5 Å². The molecule has 2 amide bonds. The van der Waals surface area contributed by atoms with E-state index in [-0.39, 0.29) is 29.5 Å². The van der Waals surface area contributed by atoms with Gasteiger partial charge in [0.15, 0.2) is 11.5 Å². The van der Waals surface area contributed by atoms with Gasteiger partial charge in [-0.1, -0.05) is 39.7 Å². The summed E-state index contributed by atoms with van der Waals surface area (Å²) in [6, 6.07) is 15.4. The first kappa shape index (κ1) is 23.9. The van der Waals surface area contributed by atoms with E-state index < -0.39 is 11.9 Å². The van der Waals surface area contributed by atoms with E-state index in [0.29, 0.717) is 16.5 Å². The number of nitrogens with zero attached hydrogens (tertiary/aromatic N) is 1. The third kappa shape index (κ3) is 4.43. The van der Waals surface area contributed by atoms with Crippen LogP contribution < -0.4 is 19.5 Å². The SMILES string of the molecule is COc1ccc(C(=O)N2CC(=O)Nc3ccc(Br)cc3C2c2cccc(Cl)c2)c(OC)c1OC. The monoisotopic (exact) mass is 544 g/mol. The van der Waals surface area contributed by atoms with Crippen molar-refractivity contribution in [3.63, 3.8) is 0 Å². The van der Waals surface area contributed by atoms with Gasteiger partial charge in [0.2, 0.25) is 11.7 Å². The summed E-state index contributed by atoms with van der Waals surface area (Å²) in [5.41, 5.74) is 2.36. The second-order valence-electron chi connectivity index (χ2n) is 7.55. The van der Waals surface area contributed by atoms with E-state index in [0.717, 1.165) is 15.6 Å². The van der Waals surface area contributed by atoms with Gasteiger partial charge < -0.3 is 24.4 Å². The highest BCUT2D eigenvalue weighted by molar-refractivity contribution is 9.10. The lowest BCUT2D eigenvalue weighted by molar-refractivity contribution is -0.117. The molecule has 0 saturated carbocycles. The van der Waals surface area contributed by atoms with Gasteiger partial charge in [-0.25, -0.2) is 0 Å². The van der Waals surface area contributed by atoms with Crippen LogP contribution in [0, 0.1) is 0 Å². The molecular formula is C25H22BrClN2O5. The molecule has 0 aliphatic carbocycles. The zero-order valence-corrected chi connectivity index (χ0v) is 21.1. The Labute approximate surface area is 210 Å². The molecule has 9 heteroatoms. The highest BCUT2D eigenvalue weighted by Crippen LogP contribution is 2.43. The van der Waals surface area contributed by atoms with Crippen LogP contribution in [0.1, 0.15) is 27.5 Å². The fourth-order valence-electron chi connectivity index (χ4n) is 4.13. The zero-order chi connectivity index (χ0) is 24.4. The molecule has 0 saturated heterocycles. The molecule has 1 heterocycles. The Balaban J connectivity index is 1.93. The first-order chi connectivity index (χ1) is 16.4. The zero-order valence-electron chi connectivity index (χ0n) is 18.7. The number of benzene rings is 3. The number of methoxy groups -OCH3 is 3. The van der Waals surface area contributed by atoms with Crippen LogP contribution in [0.2, 0.25) is 5.02 Å². The van der Waals surface area contributed by atoms with E-state index in [1.807, 2.05) is 24.3 Å². The van der Waals surface area contributed by atoms with Crippen LogP contribution in [0.4, 0.5) is 5.69 Å². The lowest BCUT2D eigenvalue weighted by Gasteiger charge is -2.31. The van der Waals surface area contributed by atoms with Crippen LogP contribution in [0.15, 0.2) is 59.1 Å². The minimum Gasteiger partial charge on any atom is -0.493 e. The Morgan fingerprint density at radius 2 is 1.79 bits per heavy atom. The molecule has 1 unspecified atom stereocenters. The molecule has 1 aliphatic rings. The molecule has 0 aromatic heterocycles. The predicted molar refractivity (Wildman–Crippen MR) is 133 cm³/mol. The lowest BCUT2D eigenvalue weighted by atomic mass is 9.95. The van der Waals surface area contributed by atoms with Gasteiger partial charge in [-0.2, -0.15) is 0 Å². The van der Waals surface area contributed by atoms with Gasteiger partial charge >= 0.3 is 0 Å². The van der Waals surface area contributed by atoms with Gasteiger partial charge in [-0.05, 0) is 48.0 Å². The molecular weight excluding hydrogens is 524 g/mol. The van der Waals surface area contributed by atoms with Gasteiger partial charge in [-0.15, -0.1) is 0 Å². The average molecular weight is 546 g/mol. The Kier molecular flexibility index (Phi) is 7.00. The van der Waals surface area contributed by atoms with Crippen LogP contribution in [-0.4, -0.2) is 44.6 Å². The molecule has 3 aromatic rings. The van der Waals surface area contributed by atoms with Gasteiger partial charge in [0.05, 0.1) is 32.9 Å². The standard InChI is InChI=1S/C25H22BrClN2O5/c1-32-20-10-8-17(23(33-2)24(20)34-3)25(31)29-13-21(30)28-19-9-7-15(26)12-18(19)22(29)14-5-4-6-16(27)11-14/h4-12,22H,13H2,1-3H3,(H,28,30). The third-order valence-electron chi connectivity index (χ3n) is 5.57. The second kappa shape index (κ2) is 9.95. The maximum absolute atomic E-state index is 14.0. The number of hydrogen-bond acceptors (Lipinski definition) is 5. The Hall–Kier alpha value is -3.23. The molecule has 1 aliphatic heterocycles. The predicted octanol–water partition coefficient (Wildman–Crippen LogP) is 5.31. The van der Waals surface area contributed by atoms with Crippen LogP contribution in [0.5, 0.6) is 17.2 Å². The summed E-state index contributed by atoms with van der Waals surface area (Å²) in [5, 5.41) is 3.43. The van der Waals surface area contributed by atoms with Crippen molar-refractivity contribution in [1.82, 2.24) is 4.90 Å². The maximum atomic E-state index is 14.0. The normalized spacial score (nSPS) is 15.1. The van der Waals surface area contributed by atoms with Crippen LogP contribution in [0.25, 0.3) is 0 Å². The highest BCUT2D eigenvalue weighted by Gasteiger charge is 2.36. The van der Waals surface area contributed by atoms with Gasteiger partial charge in [0.25, 0.3) is 5.91 Å². The maximum Gasteiger partial charge on any atom is 0.259 e. The van der Waals surface area contributed by atoms with E-state index in [1.165, 1.54) is 26.2 Å². The number of nitrogens with one attached hydrogen (secondary N) is 1. The number of fused-ring (bicyclic) bond motifs is 1. The molecule has 1 N–H and O–H groups in total. The summed E-state index contributed by atoms with van der Waals surface area (Å²) < 4.78 is 17.2. The average Bonchev–Trinajstić information content (AvgIpc) is 2.97. The fourth-order valence-corrected chi connectivity index (χ4v) is 4.70. The molecule has 7 nitrogen and oxygen atoms in total. The Morgan fingerprint density at radius 1 is 1.03 bits per heavy atom. The largest absolute Gasteiger partial charge is 0.493 e. The van der Waals surface area contributed by atoms with E-state index in [9.17, 15) is 9.59 Å². The number of ether oxygens (including phenoxy) is 3. The van der Waals surface area contributed by atoms with Crippen molar-refractivity contribution < 1.29 is 23.8 Å². The fraction of sp³-hybridized carbons (Fsp3) is 0.200. The van der Waals surface area contributed by atoms with E-state index in [4.69, 9.17) is 25.8 Å². The molecule has 0 fully saturated rings. The third-order valence-corrected chi connectivity index (χ3v) is 6.30. The van der Waals surface area contributed by atoms with Crippen LogP contribution in [0.3, 0.4) is 0 Å². The van der Waals surface area contributed by atoms with Crippen molar-refractivity contribution >= 4 is 45.0 Å². The number of carbonyl (C=O) groups is 2. The van der Waals surface area contributed by atoms with E-state index >= 15 is 0 Å². The summed E-state index contributed by atoms with van der Waals surface area (Å²) in [4.78, 5) is 28.4. The molecule has 0 radical (unpaired) electrons. The van der Waals surface area contributed by atoms with Gasteiger partial charge in [0.1, 0.15) is 6.54 Å². The Morgan fingerprint density at radius 3 is 2.47 bits per heavy atom. The molecule has 34 heavy (non-hydrogen) atoms. The number of carbonyl (C=O) groups excluding carboxylic acids is 2. The molecule has 4 rings (SSSR count).